The van der Waals surface area contributed by atoms with Crippen LogP contribution < -0.4 is 4.74 Å². The summed E-state index contributed by atoms with van der Waals surface area (Å²) in [5.41, 5.74) is 1.27. The Hall–Kier alpha value is -1.10. The van der Waals surface area contributed by atoms with Gasteiger partial charge in [-0.3, -0.25) is 0 Å². The molecule has 0 fully saturated rings. The lowest BCUT2D eigenvalue weighted by atomic mass is 10.1. The number of ether oxygens (including phenoxy) is 1. The molecule has 0 aliphatic heterocycles. The second kappa shape index (κ2) is 3.96. The maximum absolute atomic E-state index is 12.4. The van der Waals surface area contributed by atoms with Gasteiger partial charge >= 0.3 is 10.2 Å². The molecule has 0 saturated carbocycles. The van der Waals surface area contributed by atoms with Crippen molar-refractivity contribution in [3.05, 3.63) is 29.3 Å². The number of aryl methyl sites for hydroxylation is 1. The monoisotopic (exact) mass is 218 g/mol. The maximum atomic E-state index is 12.4. The Labute approximate surface area is 82.7 Å². The smallest absolute Gasteiger partial charge is 0.306 e. The fourth-order valence-corrected chi connectivity index (χ4v) is 1.77. The van der Waals surface area contributed by atoms with Crippen molar-refractivity contribution in [2.45, 2.75) is 12.7 Å². The molecule has 0 aliphatic carbocycles. The predicted molar refractivity (Wildman–Crippen MR) is 51.5 cm³/mol. The highest BCUT2D eigenvalue weighted by atomic mass is 32.3. The summed E-state index contributed by atoms with van der Waals surface area (Å²) in [6.45, 7) is 1.84. The minimum absolute atomic E-state index is 0.334. The molecular weight excluding hydrogens is 207 g/mol. The highest BCUT2D eigenvalue weighted by Crippen LogP contribution is 2.22. The van der Waals surface area contributed by atoms with Crippen LogP contribution in [0.15, 0.2) is 18.2 Å². The van der Waals surface area contributed by atoms with Crippen LogP contribution in [-0.2, 0) is 16.0 Å². The molecule has 3 nitrogen and oxygen atoms in total. The molecule has 0 spiro atoms. The summed E-state index contributed by atoms with van der Waals surface area (Å²) >= 11 is 0. The Bertz CT molecular complexity index is 426. The van der Waals surface area contributed by atoms with Crippen LogP contribution in [0.3, 0.4) is 0 Å². The number of rotatable bonds is 3. The summed E-state index contributed by atoms with van der Waals surface area (Å²) in [4.78, 5) is 0. The van der Waals surface area contributed by atoms with E-state index in [1.165, 1.54) is 7.11 Å². The van der Waals surface area contributed by atoms with Crippen LogP contribution in [0, 0.1) is 6.92 Å². The van der Waals surface area contributed by atoms with Gasteiger partial charge in [0.15, 0.2) is 0 Å². The third-order valence-corrected chi connectivity index (χ3v) is 2.43. The highest BCUT2D eigenvalue weighted by Gasteiger charge is 2.12. The normalized spacial score (nSPS) is 11.4. The summed E-state index contributed by atoms with van der Waals surface area (Å²) in [6, 6.07) is 4.93. The van der Waals surface area contributed by atoms with Gasteiger partial charge in [-0.1, -0.05) is 12.1 Å². The number of methoxy groups -OCH3 is 1. The predicted octanol–water partition coefficient (Wildman–Crippen LogP) is 1.80. The molecule has 1 aromatic carbocycles. The third-order valence-electron chi connectivity index (χ3n) is 1.77. The van der Waals surface area contributed by atoms with Gasteiger partial charge in [-0.15, -0.1) is 3.89 Å². The first-order chi connectivity index (χ1) is 6.42. The van der Waals surface area contributed by atoms with Crippen LogP contribution in [0.5, 0.6) is 5.75 Å². The molecular formula is C9H11FO3S. The molecule has 0 saturated heterocycles. The van der Waals surface area contributed by atoms with Gasteiger partial charge < -0.3 is 4.74 Å². The number of benzene rings is 1. The summed E-state index contributed by atoms with van der Waals surface area (Å²) in [5.74, 6) is -0.248. The van der Waals surface area contributed by atoms with Crippen LogP contribution in [0.4, 0.5) is 3.89 Å². The Morgan fingerprint density at radius 3 is 2.57 bits per heavy atom. The van der Waals surface area contributed by atoms with Gasteiger partial charge in [-0.2, -0.15) is 8.42 Å². The van der Waals surface area contributed by atoms with E-state index in [4.69, 9.17) is 4.74 Å². The zero-order valence-electron chi connectivity index (χ0n) is 7.95. The van der Waals surface area contributed by atoms with Gasteiger partial charge in [-0.05, 0) is 18.6 Å². The van der Waals surface area contributed by atoms with Crippen LogP contribution in [0.2, 0.25) is 0 Å². The number of hydrogen-bond donors (Lipinski definition) is 0. The topological polar surface area (TPSA) is 43.4 Å². The quantitative estimate of drug-likeness (QED) is 0.726. The van der Waals surface area contributed by atoms with Crippen molar-refractivity contribution >= 4 is 10.2 Å². The van der Waals surface area contributed by atoms with Gasteiger partial charge in [0.2, 0.25) is 0 Å². The van der Waals surface area contributed by atoms with Crippen molar-refractivity contribution in [3.8, 4) is 5.75 Å². The van der Waals surface area contributed by atoms with E-state index in [9.17, 15) is 12.3 Å². The molecule has 1 rings (SSSR count). The molecule has 0 aromatic heterocycles. The maximum Gasteiger partial charge on any atom is 0.306 e. The molecule has 0 aliphatic rings. The van der Waals surface area contributed by atoms with Gasteiger partial charge in [0.05, 0.1) is 7.11 Å². The molecule has 1 aromatic rings. The largest absolute Gasteiger partial charge is 0.496 e. The van der Waals surface area contributed by atoms with E-state index in [2.05, 4.69) is 0 Å². The summed E-state index contributed by atoms with van der Waals surface area (Å²) in [5, 5.41) is 0. The second-order valence-corrected chi connectivity index (χ2v) is 4.36. The van der Waals surface area contributed by atoms with Crippen molar-refractivity contribution < 1.29 is 17.0 Å². The lowest BCUT2D eigenvalue weighted by Gasteiger charge is -2.06. The molecule has 78 valence electrons. The lowest BCUT2D eigenvalue weighted by molar-refractivity contribution is 0.410. The summed E-state index contributed by atoms with van der Waals surface area (Å²) < 4.78 is 38.2. The van der Waals surface area contributed by atoms with Crippen LogP contribution in [0.1, 0.15) is 11.1 Å². The Morgan fingerprint density at radius 1 is 1.43 bits per heavy atom. The average molecular weight is 218 g/mol. The molecule has 0 amide bonds. The minimum Gasteiger partial charge on any atom is -0.496 e. The molecule has 5 heteroatoms. The van der Waals surface area contributed by atoms with E-state index in [1.54, 1.807) is 18.2 Å². The zero-order valence-corrected chi connectivity index (χ0v) is 8.77. The first-order valence-electron chi connectivity index (χ1n) is 3.98. The van der Waals surface area contributed by atoms with Crippen LogP contribution in [0.25, 0.3) is 0 Å². The van der Waals surface area contributed by atoms with E-state index in [-0.39, 0.29) is 0 Å². The zero-order chi connectivity index (χ0) is 10.8. The molecule has 0 N–H and O–H groups in total. The Balaban J connectivity index is 3.09. The van der Waals surface area contributed by atoms with Crippen molar-refractivity contribution in [2.75, 3.05) is 7.11 Å². The van der Waals surface area contributed by atoms with E-state index < -0.39 is 16.0 Å². The Morgan fingerprint density at radius 2 is 2.07 bits per heavy atom. The third kappa shape index (κ3) is 2.99. The SMILES string of the molecule is COc1cc(C)ccc1CS(=O)(=O)F. The molecule has 14 heavy (non-hydrogen) atoms. The van der Waals surface area contributed by atoms with E-state index in [1.807, 2.05) is 6.92 Å². The summed E-state index contributed by atoms with van der Waals surface area (Å²) in [7, 11) is -3.08. The second-order valence-electron chi connectivity index (χ2n) is 3.00. The standard InChI is InChI=1S/C9H11FO3S/c1-7-3-4-8(6-14(10,11)12)9(5-7)13-2/h3-5H,6H2,1-2H3. The molecule has 0 unspecified atom stereocenters. The molecule has 0 radical (unpaired) electrons. The fraction of sp³-hybridized carbons (Fsp3) is 0.333. The van der Waals surface area contributed by atoms with Crippen molar-refractivity contribution in [1.29, 1.82) is 0 Å². The highest BCUT2D eigenvalue weighted by molar-refractivity contribution is 7.85. The van der Waals surface area contributed by atoms with Crippen molar-refractivity contribution in [2.24, 2.45) is 0 Å². The summed E-state index contributed by atoms with van der Waals surface area (Å²) in [6.07, 6.45) is 0. The Kier molecular flexibility index (Phi) is 3.10. The average Bonchev–Trinajstić information content (AvgIpc) is 2.06. The van der Waals surface area contributed by atoms with Crippen molar-refractivity contribution in [1.82, 2.24) is 0 Å². The lowest BCUT2D eigenvalue weighted by Crippen LogP contribution is -1.99. The van der Waals surface area contributed by atoms with Crippen LogP contribution in [-0.4, -0.2) is 15.5 Å². The minimum atomic E-state index is -4.50. The van der Waals surface area contributed by atoms with E-state index in [0.717, 1.165) is 5.56 Å². The van der Waals surface area contributed by atoms with Gasteiger partial charge in [0.1, 0.15) is 11.5 Å². The van der Waals surface area contributed by atoms with Gasteiger partial charge in [-0.25, -0.2) is 0 Å². The number of hydrogen-bond acceptors (Lipinski definition) is 3. The van der Waals surface area contributed by atoms with E-state index in [0.29, 0.717) is 11.3 Å². The van der Waals surface area contributed by atoms with Crippen LogP contribution >= 0.6 is 0 Å². The molecule has 0 bridgehead atoms. The fourth-order valence-electron chi connectivity index (χ4n) is 1.16. The van der Waals surface area contributed by atoms with E-state index >= 15 is 0 Å². The van der Waals surface area contributed by atoms with Gasteiger partial charge in [0, 0.05) is 5.56 Å². The first kappa shape index (κ1) is 11.0. The van der Waals surface area contributed by atoms with Gasteiger partial charge in [0.25, 0.3) is 0 Å². The molecule has 0 heterocycles. The first-order valence-corrected chi connectivity index (χ1v) is 5.53. The molecule has 0 atom stereocenters. The van der Waals surface area contributed by atoms with Crippen molar-refractivity contribution in [3.63, 3.8) is 0 Å². The number of halogens is 1.